The molecule has 2 aromatic carbocycles. The lowest BCUT2D eigenvalue weighted by molar-refractivity contribution is 0.113. The Bertz CT molecular complexity index is 554. The van der Waals surface area contributed by atoms with E-state index in [-0.39, 0.29) is 6.79 Å². The third-order valence-electron chi connectivity index (χ3n) is 3.07. The number of benzene rings is 2. The molecule has 2 rings (SSSR count). The summed E-state index contributed by atoms with van der Waals surface area (Å²) in [5, 5.41) is 0. The highest BCUT2D eigenvalue weighted by atomic mass is 16.7. The number of aryl methyl sites for hydroxylation is 2. The molecule has 0 N–H and O–H groups in total. The Morgan fingerprint density at radius 3 is 1.48 bits per heavy atom. The van der Waals surface area contributed by atoms with Gasteiger partial charge in [-0.3, -0.25) is 0 Å². The van der Waals surface area contributed by atoms with Crippen LogP contribution in [-0.4, -0.2) is 21.0 Å². The van der Waals surface area contributed by atoms with Crippen LogP contribution in [0.15, 0.2) is 36.4 Å². The summed E-state index contributed by atoms with van der Waals surface area (Å²) in [6.07, 6.45) is 0. The van der Waals surface area contributed by atoms with E-state index in [0.29, 0.717) is 23.0 Å². The van der Waals surface area contributed by atoms with E-state index in [1.807, 2.05) is 50.2 Å². The molecule has 21 heavy (non-hydrogen) atoms. The van der Waals surface area contributed by atoms with Gasteiger partial charge in [0.2, 0.25) is 6.79 Å². The van der Waals surface area contributed by atoms with E-state index in [1.165, 1.54) is 0 Å². The Kier molecular flexibility index (Phi) is 4.93. The molecule has 0 aliphatic heterocycles. The van der Waals surface area contributed by atoms with Crippen LogP contribution in [0.3, 0.4) is 0 Å². The summed E-state index contributed by atoms with van der Waals surface area (Å²) < 4.78 is 21.8. The quantitative estimate of drug-likeness (QED) is 0.759. The van der Waals surface area contributed by atoms with E-state index in [9.17, 15) is 0 Å². The molecule has 2 aromatic rings. The lowest BCUT2D eigenvalue weighted by Crippen LogP contribution is -2.07. The van der Waals surface area contributed by atoms with Gasteiger partial charge in [-0.2, -0.15) is 0 Å². The van der Waals surface area contributed by atoms with Gasteiger partial charge in [0.1, 0.15) is 0 Å². The standard InChI is InChI=1S/C17H20O4/c1-12-5-7-14(16(9-12)18-3)20-11-21-15-8-6-13(2)10-17(15)19-4/h5-10H,11H2,1-4H3. The van der Waals surface area contributed by atoms with Crippen molar-refractivity contribution in [2.45, 2.75) is 13.8 Å². The summed E-state index contributed by atoms with van der Waals surface area (Å²) in [5.74, 6) is 2.67. The fourth-order valence-electron chi connectivity index (χ4n) is 1.94. The van der Waals surface area contributed by atoms with Gasteiger partial charge < -0.3 is 18.9 Å². The lowest BCUT2D eigenvalue weighted by atomic mass is 10.2. The van der Waals surface area contributed by atoms with Crippen LogP contribution in [0.4, 0.5) is 0 Å². The molecule has 0 unspecified atom stereocenters. The van der Waals surface area contributed by atoms with Crippen LogP contribution in [-0.2, 0) is 0 Å². The number of hydrogen-bond acceptors (Lipinski definition) is 4. The van der Waals surface area contributed by atoms with Crippen LogP contribution in [0, 0.1) is 13.8 Å². The molecule has 0 radical (unpaired) electrons. The van der Waals surface area contributed by atoms with E-state index in [0.717, 1.165) is 11.1 Å². The molecule has 0 amide bonds. The first-order valence-corrected chi connectivity index (χ1v) is 6.69. The molecule has 0 aromatic heterocycles. The van der Waals surface area contributed by atoms with E-state index in [1.54, 1.807) is 14.2 Å². The minimum absolute atomic E-state index is 0.0822. The first kappa shape index (κ1) is 15.0. The van der Waals surface area contributed by atoms with Crippen molar-refractivity contribution in [2.75, 3.05) is 21.0 Å². The predicted octanol–water partition coefficient (Wildman–Crippen LogP) is 3.74. The highest BCUT2D eigenvalue weighted by Crippen LogP contribution is 2.30. The van der Waals surface area contributed by atoms with E-state index in [4.69, 9.17) is 18.9 Å². The zero-order valence-corrected chi connectivity index (χ0v) is 12.8. The van der Waals surface area contributed by atoms with Crippen LogP contribution >= 0.6 is 0 Å². The normalized spacial score (nSPS) is 10.1. The van der Waals surface area contributed by atoms with Crippen LogP contribution < -0.4 is 18.9 Å². The Labute approximate surface area is 125 Å². The Hall–Kier alpha value is -2.36. The number of hydrogen-bond donors (Lipinski definition) is 0. The largest absolute Gasteiger partial charge is 0.493 e. The first-order valence-electron chi connectivity index (χ1n) is 6.69. The molecule has 0 heterocycles. The minimum atomic E-state index is 0.0822. The van der Waals surface area contributed by atoms with Gasteiger partial charge in [-0.15, -0.1) is 0 Å². The van der Waals surface area contributed by atoms with Gasteiger partial charge in [0, 0.05) is 0 Å². The molecule has 0 spiro atoms. The third-order valence-corrected chi connectivity index (χ3v) is 3.07. The molecule has 0 aliphatic rings. The average molecular weight is 288 g/mol. The van der Waals surface area contributed by atoms with Gasteiger partial charge in [-0.1, -0.05) is 12.1 Å². The smallest absolute Gasteiger partial charge is 0.231 e. The maximum absolute atomic E-state index is 5.61. The Balaban J connectivity index is 2.02. The van der Waals surface area contributed by atoms with Crippen LogP contribution in [0.25, 0.3) is 0 Å². The second-order valence-corrected chi connectivity index (χ2v) is 4.72. The number of rotatable bonds is 6. The van der Waals surface area contributed by atoms with Gasteiger partial charge in [-0.25, -0.2) is 0 Å². The van der Waals surface area contributed by atoms with E-state index < -0.39 is 0 Å². The van der Waals surface area contributed by atoms with Crippen LogP contribution in [0.2, 0.25) is 0 Å². The second-order valence-electron chi connectivity index (χ2n) is 4.72. The van der Waals surface area contributed by atoms with Gasteiger partial charge in [-0.05, 0) is 49.2 Å². The summed E-state index contributed by atoms with van der Waals surface area (Å²) in [5.41, 5.74) is 2.22. The summed E-state index contributed by atoms with van der Waals surface area (Å²) >= 11 is 0. The molecule has 112 valence electrons. The molecule has 0 saturated heterocycles. The van der Waals surface area contributed by atoms with E-state index >= 15 is 0 Å². The third kappa shape index (κ3) is 3.81. The van der Waals surface area contributed by atoms with Crippen molar-refractivity contribution in [3.05, 3.63) is 47.5 Å². The molecular weight excluding hydrogens is 268 g/mol. The average Bonchev–Trinajstić information content (AvgIpc) is 2.49. The molecule has 0 atom stereocenters. The van der Waals surface area contributed by atoms with Crippen molar-refractivity contribution < 1.29 is 18.9 Å². The maximum atomic E-state index is 5.61. The van der Waals surface area contributed by atoms with E-state index in [2.05, 4.69) is 0 Å². The maximum Gasteiger partial charge on any atom is 0.231 e. The zero-order valence-electron chi connectivity index (χ0n) is 12.8. The monoisotopic (exact) mass is 288 g/mol. The lowest BCUT2D eigenvalue weighted by Gasteiger charge is -2.14. The van der Waals surface area contributed by atoms with Crippen molar-refractivity contribution in [2.24, 2.45) is 0 Å². The highest BCUT2D eigenvalue weighted by molar-refractivity contribution is 5.43. The molecule has 0 aliphatic carbocycles. The Morgan fingerprint density at radius 2 is 1.10 bits per heavy atom. The van der Waals surface area contributed by atoms with Gasteiger partial charge in [0.05, 0.1) is 14.2 Å². The van der Waals surface area contributed by atoms with Crippen molar-refractivity contribution in [1.82, 2.24) is 0 Å². The molecule has 4 nitrogen and oxygen atoms in total. The van der Waals surface area contributed by atoms with Gasteiger partial charge in [0.25, 0.3) is 0 Å². The number of methoxy groups -OCH3 is 2. The second kappa shape index (κ2) is 6.88. The minimum Gasteiger partial charge on any atom is -0.493 e. The molecule has 0 saturated carbocycles. The molecule has 0 fully saturated rings. The molecule has 0 bridgehead atoms. The van der Waals surface area contributed by atoms with Crippen molar-refractivity contribution in [1.29, 1.82) is 0 Å². The van der Waals surface area contributed by atoms with Crippen LogP contribution in [0.1, 0.15) is 11.1 Å². The SMILES string of the molecule is COc1cc(C)ccc1OCOc1ccc(C)cc1OC. The first-order chi connectivity index (χ1) is 10.1. The number of ether oxygens (including phenoxy) is 4. The van der Waals surface area contributed by atoms with Crippen molar-refractivity contribution in [3.63, 3.8) is 0 Å². The van der Waals surface area contributed by atoms with Crippen LogP contribution in [0.5, 0.6) is 23.0 Å². The summed E-state index contributed by atoms with van der Waals surface area (Å²) in [4.78, 5) is 0. The molecular formula is C17H20O4. The zero-order chi connectivity index (χ0) is 15.2. The summed E-state index contributed by atoms with van der Waals surface area (Å²) in [7, 11) is 3.23. The van der Waals surface area contributed by atoms with Gasteiger partial charge >= 0.3 is 0 Å². The fourth-order valence-corrected chi connectivity index (χ4v) is 1.94. The Morgan fingerprint density at radius 1 is 0.667 bits per heavy atom. The van der Waals surface area contributed by atoms with Crippen molar-refractivity contribution >= 4 is 0 Å². The molecule has 4 heteroatoms. The summed E-state index contributed by atoms with van der Waals surface area (Å²) in [6, 6.07) is 11.5. The van der Waals surface area contributed by atoms with Gasteiger partial charge in [0.15, 0.2) is 23.0 Å². The van der Waals surface area contributed by atoms with Crippen molar-refractivity contribution in [3.8, 4) is 23.0 Å². The highest BCUT2D eigenvalue weighted by Gasteiger charge is 2.07. The fraction of sp³-hybridized carbons (Fsp3) is 0.294. The predicted molar refractivity (Wildman–Crippen MR) is 81.6 cm³/mol. The topological polar surface area (TPSA) is 36.9 Å². The summed E-state index contributed by atoms with van der Waals surface area (Å²) in [6.45, 7) is 4.08.